The summed E-state index contributed by atoms with van der Waals surface area (Å²) in [5, 5.41) is 0. The number of hydrogen-bond donors (Lipinski definition) is 0. The van der Waals surface area contributed by atoms with E-state index in [1.165, 1.54) is 11.1 Å². The molecule has 0 spiro atoms. The van der Waals surface area contributed by atoms with Gasteiger partial charge in [-0.05, 0) is 48.2 Å². The number of benzene rings is 2. The largest absolute Gasteiger partial charge is 0.0609 e. The molecule has 0 saturated heterocycles. The van der Waals surface area contributed by atoms with Gasteiger partial charge in [-0.3, -0.25) is 0 Å². The van der Waals surface area contributed by atoms with Gasteiger partial charge < -0.3 is 0 Å². The minimum atomic E-state index is 0.959. The van der Waals surface area contributed by atoms with Gasteiger partial charge in [0.25, 0.3) is 0 Å². The molecule has 0 aliphatic carbocycles. The number of halogens is 2. The van der Waals surface area contributed by atoms with Crippen LogP contribution in [0.25, 0.3) is 0 Å². The van der Waals surface area contributed by atoms with Crippen LogP contribution >= 0.6 is 31.9 Å². The molecule has 0 nitrogen and oxygen atoms in total. The van der Waals surface area contributed by atoms with E-state index in [9.17, 15) is 0 Å². The van der Waals surface area contributed by atoms with E-state index in [-0.39, 0.29) is 0 Å². The van der Waals surface area contributed by atoms with Gasteiger partial charge in [0.15, 0.2) is 0 Å². The van der Waals surface area contributed by atoms with Gasteiger partial charge in [0.2, 0.25) is 0 Å². The number of hydrogen-bond acceptors (Lipinski definition) is 0. The Balaban J connectivity index is 1.99. The van der Waals surface area contributed by atoms with Crippen LogP contribution in [0.4, 0.5) is 0 Å². The standard InChI is InChI=1S/C14H11Br2/c15-13-8-6-11(7-9-13)4-5-12-2-1-3-14(16)10-12/h1-4,6-10H,5H2. The normalized spacial score (nSPS) is 10.4. The lowest BCUT2D eigenvalue weighted by Gasteiger charge is -2.02. The highest BCUT2D eigenvalue weighted by Gasteiger charge is 1.97. The second kappa shape index (κ2) is 5.65. The van der Waals surface area contributed by atoms with Gasteiger partial charge in [0.1, 0.15) is 0 Å². The van der Waals surface area contributed by atoms with Gasteiger partial charge in [-0.15, -0.1) is 0 Å². The van der Waals surface area contributed by atoms with Gasteiger partial charge in [0.05, 0.1) is 0 Å². The third-order valence-electron chi connectivity index (χ3n) is 2.33. The topological polar surface area (TPSA) is 0 Å². The van der Waals surface area contributed by atoms with Crippen LogP contribution in [-0.2, 0) is 6.42 Å². The Labute approximate surface area is 113 Å². The molecule has 0 amide bonds. The van der Waals surface area contributed by atoms with E-state index in [1.54, 1.807) is 0 Å². The fourth-order valence-corrected chi connectivity index (χ4v) is 2.21. The first-order chi connectivity index (χ1) is 7.74. The molecule has 2 aromatic rings. The van der Waals surface area contributed by atoms with Crippen molar-refractivity contribution in [3.05, 3.63) is 75.0 Å². The van der Waals surface area contributed by atoms with Crippen molar-refractivity contribution in [2.24, 2.45) is 0 Å². The molecular weight excluding hydrogens is 328 g/mol. The zero-order valence-electron chi connectivity index (χ0n) is 8.66. The van der Waals surface area contributed by atoms with Crippen LogP contribution in [-0.4, -0.2) is 0 Å². The third-order valence-corrected chi connectivity index (χ3v) is 3.35. The van der Waals surface area contributed by atoms with E-state index in [4.69, 9.17) is 0 Å². The molecule has 81 valence electrons. The second-order valence-corrected chi connectivity index (χ2v) is 5.42. The molecule has 0 atom stereocenters. The lowest BCUT2D eigenvalue weighted by atomic mass is 10.0. The average molecular weight is 339 g/mol. The van der Waals surface area contributed by atoms with Gasteiger partial charge in [-0.1, -0.05) is 56.1 Å². The van der Waals surface area contributed by atoms with Gasteiger partial charge in [-0.2, -0.15) is 0 Å². The van der Waals surface area contributed by atoms with Crippen LogP contribution in [0.5, 0.6) is 0 Å². The summed E-state index contributed by atoms with van der Waals surface area (Å²) < 4.78 is 2.25. The molecule has 0 bridgehead atoms. The first-order valence-electron chi connectivity index (χ1n) is 5.07. The Kier molecular flexibility index (Phi) is 4.19. The molecule has 0 N–H and O–H groups in total. The summed E-state index contributed by atoms with van der Waals surface area (Å²) in [6.07, 6.45) is 3.19. The van der Waals surface area contributed by atoms with Crippen molar-refractivity contribution >= 4 is 31.9 Å². The molecule has 2 rings (SSSR count). The highest BCUT2D eigenvalue weighted by Crippen LogP contribution is 2.16. The lowest BCUT2D eigenvalue weighted by molar-refractivity contribution is 1.16. The zero-order chi connectivity index (χ0) is 11.4. The van der Waals surface area contributed by atoms with Crippen LogP contribution < -0.4 is 0 Å². The van der Waals surface area contributed by atoms with Gasteiger partial charge >= 0.3 is 0 Å². The third kappa shape index (κ3) is 3.46. The smallest absolute Gasteiger partial charge is 0.0177 e. The van der Waals surface area contributed by atoms with Gasteiger partial charge in [0, 0.05) is 8.95 Å². The maximum absolute atomic E-state index is 3.48. The summed E-state index contributed by atoms with van der Waals surface area (Å²) in [6, 6.07) is 16.7. The fraction of sp³-hybridized carbons (Fsp3) is 0.0714. The minimum absolute atomic E-state index is 0.959. The van der Waals surface area contributed by atoms with Crippen LogP contribution in [0, 0.1) is 6.42 Å². The predicted octanol–water partition coefficient (Wildman–Crippen LogP) is 5.01. The first-order valence-corrected chi connectivity index (χ1v) is 6.66. The molecule has 2 heteroatoms. The first kappa shape index (κ1) is 11.9. The van der Waals surface area contributed by atoms with Crippen molar-refractivity contribution in [1.29, 1.82) is 0 Å². The highest BCUT2D eigenvalue weighted by molar-refractivity contribution is 9.10. The van der Waals surface area contributed by atoms with Gasteiger partial charge in [-0.25, -0.2) is 0 Å². The van der Waals surface area contributed by atoms with Crippen molar-refractivity contribution in [2.45, 2.75) is 6.42 Å². The van der Waals surface area contributed by atoms with E-state index >= 15 is 0 Å². The van der Waals surface area contributed by atoms with Crippen molar-refractivity contribution in [3.63, 3.8) is 0 Å². The quantitative estimate of drug-likeness (QED) is 0.738. The van der Waals surface area contributed by atoms with E-state index in [0.29, 0.717) is 0 Å². The molecule has 16 heavy (non-hydrogen) atoms. The summed E-state index contributed by atoms with van der Waals surface area (Å²) in [5.41, 5.74) is 2.57. The predicted molar refractivity (Wildman–Crippen MR) is 75.4 cm³/mol. The van der Waals surface area contributed by atoms with E-state index < -0.39 is 0 Å². The summed E-state index contributed by atoms with van der Waals surface area (Å²) in [4.78, 5) is 0. The van der Waals surface area contributed by atoms with E-state index in [0.717, 1.165) is 15.4 Å². The monoisotopic (exact) mass is 337 g/mol. The molecule has 0 aliphatic heterocycles. The van der Waals surface area contributed by atoms with Crippen molar-refractivity contribution in [2.75, 3.05) is 0 Å². The van der Waals surface area contributed by atoms with Crippen molar-refractivity contribution < 1.29 is 0 Å². The maximum atomic E-state index is 3.48. The van der Waals surface area contributed by atoms with Crippen molar-refractivity contribution in [3.8, 4) is 0 Å². The molecule has 0 heterocycles. The summed E-state index contributed by atoms with van der Waals surface area (Å²) in [6.45, 7) is 0. The molecule has 1 radical (unpaired) electrons. The molecule has 0 saturated carbocycles. The molecule has 2 aromatic carbocycles. The van der Waals surface area contributed by atoms with E-state index in [1.807, 2.05) is 6.07 Å². The lowest BCUT2D eigenvalue weighted by Crippen LogP contribution is -1.88. The Morgan fingerprint density at radius 2 is 1.62 bits per heavy atom. The summed E-state index contributed by atoms with van der Waals surface area (Å²) in [5.74, 6) is 0. The minimum Gasteiger partial charge on any atom is -0.0609 e. The van der Waals surface area contributed by atoms with Crippen LogP contribution in [0.1, 0.15) is 11.1 Å². The summed E-state index contributed by atoms with van der Waals surface area (Å²) in [7, 11) is 0. The zero-order valence-corrected chi connectivity index (χ0v) is 11.8. The van der Waals surface area contributed by atoms with Crippen LogP contribution in [0.2, 0.25) is 0 Å². The Hall–Kier alpha value is -0.600. The second-order valence-electron chi connectivity index (χ2n) is 3.59. The van der Waals surface area contributed by atoms with Crippen LogP contribution in [0.15, 0.2) is 57.5 Å². The Morgan fingerprint density at radius 1 is 0.875 bits per heavy atom. The number of rotatable bonds is 3. The average Bonchev–Trinajstić information content (AvgIpc) is 2.28. The molecule has 0 aromatic heterocycles. The maximum Gasteiger partial charge on any atom is 0.0177 e. The van der Waals surface area contributed by atoms with Crippen LogP contribution in [0.3, 0.4) is 0 Å². The van der Waals surface area contributed by atoms with E-state index in [2.05, 4.69) is 80.7 Å². The summed E-state index contributed by atoms with van der Waals surface area (Å²) >= 11 is 6.91. The highest BCUT2D eigenvalue weighted by atomic mass is 79.9. The van der Waals surface area contributed by atoms with Crippen molar-refractivity contribution in [1.82, 2.24) is 0 Å². The SMILES string of the molecule is Brc1ccc([CH]Cc2cccc(Br)c2)cc1. The Morgan fingerprint density at radius 3 is 2.31 bits per heavy atom. The fourth-order valence-electron chi connectivity index (χ4n) is 1.50. The molecule has 0 aliphatic rings. The molecular formula is C14H11Br2. The molecule has 0 unspecified atom stereocenters. The Bertz CT molecular complexity index is 460. The molecule has 0 fully saturated rings.